The molecule has 1 aromatic heterocycles. The van der Waals surface area contributed by atoms with Crippen molar-refractivity contribution in [1.29, 1.82) is 0 Å². The van der Waals surface area contributed by atoms with E-state index in [2.05, 4.69) is 4.98 Å². The number of aliphatic hydroxyl groups is 2. The molecule has 0 saturated carbocycles. The Morgan fingerprint density at radius 1 is 1.07 bits per heavy atom. The zero-order valence-corrected chi connectivity index (χ0v) is 8.87. The molecule has 0 spiro atoms. The maximum Gasteiger partial charge on any atom is 0.124 e. The zero-order chi connectivity index (χ0) is 10.7. The molecule has 0 amide bonds. The minimum absolute atomic E-state index is 0.0691. The molecule has 0 unspecified atom stereocenters. The van der Waals surface area contributed by atoms with Gasteiger partial charge in [-0.25, -0.2) is 4.98 Å². The first-order valence-corrected chi connectivity index (χ1v) is 5.42. The van der Waals surface area contributed by atoms with Gasteiger partial charge in [-0.15, -0.1) is 11.3 Å². The Hall–Kier alpha value is -1.23. The number of benzene rings is 1. The van der Waals surface area contributed by atoms with Crippen LogP contribution in [0.25, 0.3) is 10.6 Å². The summed E-state index contributed by atoms with van der Waals surface area (Å²) in [6.45, 7) is -0.195. The van der Waals surface area contributed by atoms with Crippen LogP contribution in [0, 0.1) is 0 Å². The summed E-state index contributed by atoms with van der Waals surface area (Å²) in [4.78, 5) is 5.01. The molecule has 0 saturated heterocycles. The van der Waals surface area contributed by atoms with Crippen LogP contribution in [0.1, 0.15) is 10.6 Å². The molecule has 4 heteroatoms. The van der Waals surface area contributed by atoms with Crippen molar-refractivity contribution in [3.05, 3.63) is 40.9 Å². The molecule has 0 aliphatic carbocycles. The van der Waals surface area contributed by atoms with Gasteiger partial charge in [0.25, 0.3) is 0 Å². The lowest BCUT2D eigenvalue weighted by Crippen LogP contribution is -1.89. The molecule has 1 heterocycles. The molecule has 78 valence electrons. The van der Waals surface area contributed by atoms with Crippen LogP contribution in [0.2, 0.25) is 0 Å². The van der Waals surface area contributed by atoms with Gasteiger partial charge in [-0.2, -0.15) is 0 Å². The van der Waals surface area contributed by atoms with Gasteiger partial charge in [0.1, 0.15) is 5.01 Å². The number of aliphatic hydroxyl groups excluding tert-OH is 2. The third kappa shape index (κ3) is 2.07. The molecule has 0 fully saturated rings. The second-order valence-corrected chi connectivity index (χ2v) is 4.15. The largest absolute Gasteiger partial charge is 0.391 e. The Morgan fingerprint density at radius 3 is 2.33 bits per heavy atom. The minimum Gasteiger partial charge on any atom is -0.391 e. The summed E-state index contributed by atoms with van der Waals surface area (Å²) in [5.74, 6) is 0. The summed E-state index contributed by atoms with van der Waals surface area (Å²) in [5, 5.41) is 18.9. The SMILES string of the molecule is OCc1nc(-c2ccccc2)sc1CO. The quantitative estimate of drug-likeness (QED) is 0.831. The average molecular weight is 221 g/mol. The van der Waals surface area contributed by atoms with Crippen LogP contribution in [-0.2, 0) is 13.2 Å². The first-order chi connectivity index (χ1) is 7.35. The van der Waals surface area contributed by atoms with Gasteiger partial charge in [-0.3, -0.25) is 0 Å². The minimum atomic E-state index is -0.126. The molecule has 2 rings (SSSR count). The van der Waals surface area contributed by atoms with Gasteiger partial charge in [0.2, 0.25) is 0 Å². The molecule has 0 radical (unpaired) electrons. The molecular weight excluding hydrogens is 210 g/mol. The maximum atomic E-state index is 9.07. The van der Waals surface area contributed by atoms with E-state index in [0.29, 0.717) is 5.69 Å². The van der Waals surface area contributed by atoms with E-state index >= 15 is 0 Å². The molecule has 0 atom stereocenters. The van der Waals surface area contributed by atoms with Crippen molar-refractivity contribution in [3.8, 4) is 10.6 Å². The first-order valence-electron chi connectivity index (χ1n) is 4.61. The smallest absolute Gasteiger partial charge is 0.124 e. The fourth-order valence-corrected chi connectivity index (χ4v) is 2.27. The van der Waals surface area contributed by atoms with E-state index in [9.17, 15) is 0 Å². The Morgan fingerprint density at radius 2 is 1.80 bits per heavy atom. The van der Waals surface area contributed by atoms with E-state index in [1.807, 2.05) is 30.3 Å². The van der Waals surface area contributed by atoms with E-state index in [1.54, 1.807) is 0 Å². The van der Waals surface area contributed by atoms with Crippen LogP contribution in [0.3, 0.4) is 0 Å². The van der Waals surface area contributed by atoms with Crippen LogP contribution >= 0.6 is 11.3 Å². The average Bonchev–Trinajstić information content (AvgIpc) is 2.73. The van der Waals surface area contributed by atoms with Crippen molar-refractivity contribution < 1.29 is 10.2 Å². The van der Waals surface area contributed by atoms with Gasteiger partial charge in [-0.05, 0) is 0 Å². The second kappa shape index (κ2) is 4.53. The van der Waals surface area contributed by atoms with Gasteiger partial charge >= 0.3 is 0 Å². The molecule has 2 N–H and O–H groups in total. The highest BCUT2D eigenvalue weighted by molar-refractivity contribution is 7.15. The van der Waals surface area contributed by atoms with Crippen LogP contribution in [0.5, 0.6) is 0 Å². The van der Waals surface area contributed by atoms with Crippen molar-refractivity contribution in [2.45, 2.75) is 13.2 Å². The van der Waals surface area contributed by atoms with Crippen LogP contribution in [-0.4, -0.2) is 15.2 Å². The van der Waals surface area contributed by atoms with Gasteiger partial charge in [-0.1, -0.05) is 30.3 Å². The third-order valence-electron chi connectivity index (χ3n) is 2.09. The number of rotatable bonds is 3. The summed E-state index contributed by atoms with van der Waals surface area (Å²) < 4.78 is 0. The summed E-state index contributed by atoms with van der Waals surface area (Å²) in [5.41, 5.74) is 1.58. The maximum absolute atomic E-state index is 9.07. The van der Waals surface area contributed by atoms with Gasteiger partial charge in [0, 0.05) is 5.56 Å². The predicted octanol–water partition coefficient (Wildman–Crippen LogP) is 1.79. The molecule has 2 aromatic rings. The highest BCUT2D eigenvalue weighted by atomic mass is 32.1. The lowest BCUT2D eigenvalue weighted by Gasteiger charge is -1.92. The third-order valence-corrected chi connectivity index (χ3v) is 3.22. The monoisotopic (exact) mass is 221 g/mol. The van der Waals surface area contributed by atoms with E-state index in [1.165, 1.54) is 11.3 Å². The zero-order valence-electron chi connectivity index (χ0n) is 8.05. The Labute approximate surface area is 91.7 Å². The lowest BCUT2D eigenvalue weighted by molar-refractivity contribution is 0.259. The van der Waals surface area contributed by atoms with Crippen LogP contribution in [0.4, 0.5) is 0 Å². The number of hydrogen-bond acceptors (Lipinski definition) is 4. The summed E-state index contributed by atoms with van der Waals surface area (Å²) in [6.07, 6.45) is 0. The van der Waals surface area contributed by atoms with Gasteiger partial charge in [0.15, 0.2) is 0 Å². The van der Waals surface area contributed by atoms with E-state index in [4.69, 9.17) is 10.2 Å². The van der Waals surface area contributed by atoms with E-state index in [-0.39, 0.29) is 13.2 Å². The highest BCUT2D eigenvalue weighted by Crippen LogP contribution is 2.27. The summed E-state index contributed by atoms with van der Waals surface area (Å²) in [7, 11) is 0. The van der Waals surface area contributed by atoms with Crippen molar-refractivity contribution in [2.75, 3.05) is 0 Å². The molecule has 0 aliphatic rings. The Balaban J connectivity index is 2.42. The van der Waals surface area contributed by atoms with Gasteiger partial charge < -0.3 is 10.2 Å². The molecule has 1 aromatic carbocycles. The number of thiazole rings is 1. The van der Waals surface area contributed by atoms with Crippen molar-refractivity contribution >= 4 is 11.3 Å². The number of aromatic nitrogens is 1. The molecular formula is C11H11NO2S. The van der Waals surface area contributed by atoms with Crippen molar-refractivity contribution in [3.63, 3.8) is 0 Å². The lowest BCUT2D eigenvalue weighted by atomic mass is 10.2. The summed E-state index contributed by atoms with van der Waals surface area (Å²) >= 11 is 1.42. The number of nitrogens with zero attached hydrogens (tertiary/aromatic N) is 1. The fourth-order valence-electron chi connectivity index (χ4n) is 1.33. The Bertz CT molecular complexity index is 418. The molecule has 0 bridgehead atoms. The molecule has 15 heavy (non-hydrogen) atoms. The highest BCUT2D eigenvalue weighted by Gasteiger charge is 2.10. The van der Waals surface area contributed by atoms with Crippen LogP contribution in [0.15, 0.2) is 30.3 Å². The molecule has 3 nitrogen and oxygen atoms in total. The summed E-state index contributed by atoms with van der Waals surface area (Å²) in [6, 6.07) is 9.74. The number of hydrogen-bond donors (Lipinski definition) is 2. The second-order valence-electron chi connectivity index (χ2n) is 3.07. The molecule has 0 aliphatic heterocycles. The normalized spacial score (nSPS) is 10.5. The fraction of sp³-hybridized carbons (Fsp3) is 0.182. The van der Waals surface area contributed by atoms with Gasteiger partial charge in [0.05, 0.1) is 23.8 Å². The van der Waals surface area contributed by atoms with Crippen molar-refractivity contribution in [2.24, 2.45) is 0 Å². The standard InChI is InChI=1S/C11H11NO2S/c13-6-9-10(7-14)15-11(12-9)8-4-2-1-3-5-8/h1-5,13-14H,6-7H2. The van der Waals surface area contributed by atoms with E-state index in [0.717, 1.165) is 15.4 Å². The first kappa shape index (κ1) is 10.3. The van der Waals surface area contributed by atoms with Crippen LogP contribution < -0.4 is 0 Å². The van der Waals surface area contributed by atoms with Crippen molar-refractivity contribution in [1.82, 2.24) is 4.98 Å². The van der Waals surface area contributed by atoms with E-state index < -0.39 is 0 Å². The Kier molecular flexibility index (Phi) is 3.11. The predicted molar refractivity (Wildman–Crippen MR) is 59.4 cm³/mol. The topological polar surface area (TPSA) is 53.4 Å².